The van der Waals surface area contributed by atoms with Crippen LogP contribution in [-0.2, 0) is 20.7 Å². The van der Waals surface area contributed by atoms with Crippen molar-refractivity contribution >= 4 is 29.2 Å². The van der Waals surface area contributed by atoms with E-state index in [1.165, 1.54) is 5.56 Å². The normalized spacial score (nSPS) is 10.3. The zero-order valence-electron chi connectivity index (χ0n) is 18.7. The molecule has 170 valence electrons. The number of ether oxygens (including phenoxy) is 1. The van der Waals surface area contributed by atoms with Gasteiger partial charge in [-0.25, -0.2) is 0 Å². The highest BCUT2D eigenvalue weighted by Crippen LogP contribution is 2.16. The van der Waals surface area contributed by atoms with E-state index in [1.807, 2.05) is 55.5 Å². The fourth-order valence-electron chi connectivity index (χ4n) is 3.28. The van der Waals surface area contributed by atoms with Crippen LogP contribution in [0.25, 0.3) is 0 Å². The molecular formula is C27H28N2O4. The molecule has 0 aliphatic heterocycles. The molecule has 0 atom stereocenters. The Morgan fingerprint density at radius 1 is 0.758 bits per heavy atom. The highest BCUT2D eigenvalue weighted by molar-refractivity contribution is 6.05. The monoisotopic (exact) mass is 444 g/mol. The van der Waals surface area contributed by atoms with E-state index in [4.69, 9.17) is 4.74 Å². The highest BCUT2D eigenvalue weighted by Gasteiger charge is 2.10. The third-order valence-electron chi connectivity index (χ3n) is 5.09. The molecule has 0 saturated carbocycles. The van der Waals surface area contributed by atoms with E-state index in [2.05, 4.69) is 10.6 Å². The Hall–Kier alpha value is -3.93. The lowest BCUT2D eigenvalue weighted by Crippen LogP contribution is -2.15. The average Bonchev–Trinajstić information content (AvgIpc) is 2.82. The summed E-state index contributed by atoms with van der Waals surface area (Å²) in [5.74, 6) is -0.840. The molecule has 33 heavy (non-hydrogen) atoms. The minimum absolute atomic E-state index is 0.0295. The summed E-state index contributed by atoms with van der Waals surface area (Å²) in [5.41, 5.74) is 3.93. The van der Waals surface area contributed by atoms with Gasteiger partial charge in [-0.05, 0) is 61.2 Å². The van der Waals surface area contributed by atoms with Crippen molar-refractivity contribution in [2.45, 2.75) is 32.6 Å². The third kappa shape index (κ3) is 7.92. The Morgan fingerprint density at radius 3 is 2.09 bits per heavy atom. The van der Waals surface area contributed by atoms with Crippen LogP contribution in [0.3, 0.4) is 0 Å². The zero-order valence-corrected chi connectivity index (χ0v) is 18.7. The molecule has 2 amide bonds. The van der Waals surface area contributed by atoms with Crippen LogP contribution in [0, 0.1) is 6.92 Å². The number of carbonyl (C=O) groups is 3. The Bertz CT molecular complexity index is 1080. The first-order chi connectivity index (χ1) is 16.0. The van der Waals surface area contributed by atoms with Crippen LogP contribution in [-0.4, -0.2) is 24.4 Å². The first-order valence-corrected chi connectivity index (χ1v) is 11.0. The molecule has 0 aliphatic rings. The SMILES string of the molecule is Cc1ccccc1C(=O)Nc1ccc(NC(=O)CCC(=O)OCCCc2ccccc2)cc1. The van der Waals surface area contributed by atoms with Gasteiger partial charge in [0, 0.05) is 23.4 Å². The first-order valence-electron chi connectivity index (χ1n) is 11.0. The van der Waals surface area contributed by atoms with E-state index < -0.39 is 0 Å². The molecule has 0 saturated heterocycles. The molecule has 0 aromatic heterocycles. The molecule has 0 radical (unpaired) electrons. The van der Waals surface area contributed by atoms with Gasteiger partial charge >= 0.3 is 5.97 Å². The summed E-state index contributed by atoms with van der Waals surface area (Å²) in [6.45, 7) is 2.22. The lowest BCUT2D eigenvalue weighted by Gasteiger charge is -2.09. The second kappa shape index (κ2) is 12.2. The van der Waals surface area contributed by atoms with Crippen LogP contribution in [0.4, 0.5) is 11.4 Å². The first kappa shape index (κ1) is 23.7. The van der Waals surface area contributed by atoms with Crippen molar-refractivity contribution in [1.29, 1.82) is 0 Å². The maximum absolute atomic E-state index is 12.4. The topological polar surface area (TPSA) is 84.5 Å². The van der Waals surface area contributed by atoms with Crippen molar-refractivity contribution in [2.75, 3.05) is 17.2 Å². The Labute approximate surface area is 194 Å². The van der Waals surface area contributed by atoms with Crippen molar-refractivity contribution in [1.82, 2.24) is 0 Å². The van der Waals surface area contributed by atoms with Gasteiger partial charge < -0.3 is 15.4 Å². The number of benzene rings is 3. The maximum atomic E-state index is 12.4. The number of hydrogen-bond donors (Lipinski definition) is 2. The molecule has 0 fully saturated rings. The summed E-state index contributed by atoms with van der Waals surface area (Å²) < 4.78 is 5.20. The summed E-state index contributed by atoms with van der Waals surface area (Å²) in [6, 6.07) is 24.2. The minimum Gasteiger partial charge on any atom is -0.466 e. The summed E-state index contributed by atoms with van der Waals surface area (Å²) in [6.07, 6.45) is 1.66. The second-order valence-corrected chi connectivity index (χ2v) is 7.70. The van der Waals surface area contributed by atoms with Crippen molar-refractivity contribution in [3.8, 4) is 0 Å². The van der Waals surface area contributed by atoms with Gasteiger partial charge in [0.2, 0.25) is 5.91 Å². The van der Waals surface area contributed by atoms with E-state index in [1.54, 1.807) is 30.3 Å². The van der Waals surface area contributed by atoms with Gasteiger partial charge in [-0.2, -0.15) is 0 Å². The van der Waals surface area contributed by atoms with Crippen LogP contribution in [0.5, 0.6) is 0 Å². The van der Waals surface area contributed by atoms with Crippen molar-refractivity contribution in [2.24, 2.45) is 0 Å². The van der Waals surface area contributed by atoms with Gasteiger partial charge in [-0.1, -0.05) is 48.5 Å². The van der Waals surface area contributed by atoms with Crippen molar-refractivity contribution in [3.63, 3.8) is 0 Å². The van der Waals surface area contributed by atoms with Crippen molar-refractivity contribution in [3.05, 3.63) is 95.6 Å². The molecule has 3 aromatic carbocycles. The molecule has 3 aromatic rings. The summed E-state index contributed by atoms with van der Waals surface area (Å²) in [7, 11) is 0. The van der Waals surface area contributed by atoms with Crippen molar-refractivity contribution < 1.29 is 19.1 Å². The van der Waals surface area contributed by atoms with E-state index in [0.717, 1.165) is 18.4 Å². The largest absolute Gasteiger partial charge is 0.466 e. The summed E-state index contributed by atoms with van der Waals surface area (Å²) in [5, 5.41) is 5.59. The molecule has 6 nitrogen and oxygen atoms in total. The van der Waals surface area contributed by atoms with E-state index in [-0.39, 0.29) is 30.6 Å². The van der Waals surface area contributed by atoms with Gasteiger partial charge in [0.15, 0.2) is 0 Å². The molecule has 6 heteroatoms. The number of carbonyl (C=O) groups excluding carboxylic acids is 3. The van der Waals surface area contributed by atoms with Crippen LogP contribution in [0.1, 0.15) is 40.7 Å². The molecule has 0 unspecified atom stereocenters. The fourth-order valence-corrected chi connectivity index (χ4v) is 3.28. The fraction of sp³-hybridized carbons (Fsp3) is 0.222. The average molecular weight is 445 g/mol. The van der Waals surface area contributed by atoms with Gasteiger partial charge in [0.1, 0.15) is 0 Å². The third-order valence-corrected chi connectivity index (χ3v) is 5.09. The molecule has 2 N–H and O–H groups in total. The van der Waals surface area contributed by atoms with E-state index in [9.17, 15) is 14.4 Å². The van der Waals surface area contributed by atoms with Gasteiger partial charge in [0.25, 0.3) is 5.91 Å². The highest BCUT2D eigenvalue weighted by atomic mass is 16.5. The Balaban J connectivity index is 1.35. The summed E-state index contributed by atoms with van der Waals surface area (Å²) in [4.78, 5) is 36.4. The number of aryl methyl sites for hydroxylation is 2. The summed E-state index contributed by atoms with van der Waals surface area (Å²) >= 11 is 0. The molecule has 0 bridgehead atoms. The quantitative estimate of drug-likeness (QED) is 0.335. The Kier molecular flexibility index (Phi) is 8.77. The van der Waals surface area contributed by atoms with Crippen LogP contribution in [0.2, 0.25) is 0 Å². The number of rotatable bonds is 10. The van der Waals surface area contributed by atoms with E-state index >= 15 is 0 Å². The molecule has 3 rings (SSSR count). The molecule has 0 aliphatic carbocycles. The molecule has 0 spiro atoms. The number of amides is 2. The minimum atomic E-state index is -0.382. The predicted molar refractivity (Wildman–Crippen MR) is 129 cm³/mol. The number of esters is 1. The maximum Gasteiger partial charge on any atom is 0.306 e. The van der Waals surface area contributed by atoms with Crippen LogP contribution < -0.4 is 10.6 Å². The zero-order chi connectivity index (χ0) is 23.5. The lowest BCUT2D eigenvalue weighted by molar-refractivity contribution is -0.144. The smallest absolute Gasteiger partial charge is 0.306 e. The Morgan fingerprint density at radius 2 is 1.39 bits per heavy atom. The van der Waals surface area contributed by atoms with Crippen LogP contribution in [0.15, 0.2) is 78.9 Å². The molecule has 0 heterocycles. The van der Waals surface area contributed by atoms with Crippen LogP contribution >= 0.6 is 0 Å². The lowest BCUT2D eigenvalue weighted by atomic mass is 10.1. The van der Waals surface area contributed by atoms with Gasteiger partial charge in [-0.15, -0.1) is 0 Å². The predicted octanol–water partition coefficient (Wildman–Crippen LogP) is 5.14. The number of anilines is 2. The van der Waals surface area contributed by atoms with E-state index in [0.29, 0.717) is 23.5 Å². The molecular weight excluding hydrogens is 416 g/mol. The number of nitrogens with one attached hydrogen (secondary N) is 2. The number of hydrogen-bond acceptors (Lipinski definition) is 4. The standard InChI is InChI=1S/C27H28N2O4/c1-20-8-5-6-12-24(20)27(32)29-23-15-13-22(14-16-23)28-25(30)17-18-26(31)33-19-7-11-21-9-3-2-4-10-21/h2-6,8-10,12-16H,7,11,17-19H2,1H3,(H,28,30)(H,29,32). The van der Waals surface area contributed by atoms with Gasteiger partial charge in [0.05, 0.1) is 13.0 Å². The second-order valence-electron chi connectivity index (χ2n) is 7.70. The van der Waals surface area contributed by atoms with Gasteiger partial charge in [-0.3, -0.25) is 14.4 Å².